The lowest BCUT2D eigenvalue weighted by Gasteiger charge is -2.36. The first-order chi connectivity index (χ1) is 14.7. The van der Waals surface area contributed by atoms with Gasteiger partial charge in [0.2, 0.25) is 0 Å². The molecule has 1 fully saturated rings. The number of ether oxygens (including phenoxy) is 1. The van der Waals surface area contributed by atoms with Gasteiger partial charge in [-0.05, 0) is 37.8 Å². The summed E-state index contributed by atoms with van der Waals surface area (Å²) in [6, 6.07) is 10.6. The maximum atomic E-state index is 5.54. The fraction of sp³-hybridized carbons (Fsp3) is 0.565. The molecule has 7 heteroatoms. The first-order valence-electron chi connectivity index (χ1n) is 11.0. The number of aromatic nitrogens is 1. The Bertz CT molecular complexity index is 815. The van der Waals surface area contributed by atoms with Crippen molar-refractivity contribution in [1.29, 1.82) is 0 Å². The van der Waals surface area contributed by atoms with Gasteiger partial charge in [0.1, 0.15) is 5.75 Å². The molecule has 0 amide bonds. The lowest BCUT2D eigenvalue weighted by molar-refractivity contribution is 0.367. The molecular formula is C23H35N5O2. The minimum Gasteiger partial charge on any atom is -0.495 e. The summed E-state index contributed by atoms with van der Waals surface area (Å²) in [4.78, 5) is 6.77. The predicted molar refractivity (Wildman–Crippen MR) is 121 cm³/mol. The number of methoxy groups -OCH3 is 1. The Balaban J connectivity index is 1.55. The number of nitrogens with zero attached hydrogens (tertiary/aromatic N) is 3. The van der Waals surface area contributed by atoms with E-state index in [4.69, 9.17) is 9.26 Å². The molecular weight excluding hydrogens is 378 g/mol. The lowest BCUT2D eigenvalue weighted by atomic mass is 9.99. The van der Waals surface area contributed by atoms with Crippen molar-refractivity contribution in [2.24, 2.45) is 4.99 Å². The molecule has 7 nitrogen and oxygen atoms in total. The Kier molecular flexibility index (Phi) is 7.99. The topological polar surface area (TPSA) is 74.9 Å². The molecule has 1 aliphatic rings. The third kappa shape index (κ3) is 5.46. The van der Waals surface area contributed by atoms with Crippen LogP contribution in [0.15, 0.2) is 39.8 Å². The third-order valence-electron chi connectivity index (χ3n) is 5.82. The largest absolute Gasteiger partial charge is 0.495 e. The van der Waals surface area contributed by atoms with Gasteiger partial charge in [-0.2, -0.15) is 0 Å². The van der Waals surface area contributed by atoms with Gasteiger partial charge in [0.05, 0.1) is 25.0 Å². The summed E-state index contributed by atoms with van der Waals surface area (Å²) in [5.41, 5.74) is 2.18. The van der Waals surface area contributed by atoms with E-state index in [9.17, 15) is 0 Å². The maximum Gasteiger partial charge on any atom is 0.191 e. The molecule has 1 unspecified atom stereocenters. The van der Waals surface area contributed by atoms with Crippen molar-refractivity contribution >= 4 is 11.6 Å². The average Bonchev–Trinajstić information content (AvgIpc) is 3.26. The normalized spacial score (nSPS) is 17.3. The molecule has 1 atom stereocenters. The van der Waals surface area contributed by atoms with E-state index in [0.717, 1.165) is 67.6 Å². The van der Waals surface area contributed by atoms with Crippen LogP contribution in [0.3, 0.4) is 0 Å². The second-order valence-corrected chi connectivity index (χ2v) is 7.76. The Labute approximate surface area is 179 Å². The van der Waals surface area contributed by atoms with E-state index < -0.39 is 0 Å². The smallest absolute Gasteiger partial charge is 0.191 e. The highest BCUT2D eigenvalue weighted by atomic mass is 16.5. The number of para-hydroxylation sites is 2. The molecule has 0 bridgehead atoms. The minimum absolute atomic E-state index is 0.310. The van der Waals surface area contributed by atoms with Crippen molar-refractivity contribution in [2.75, 3.05) is 32.1 Å². The van der Waals surface area contributed by atoms with Gasteiger partial charge in [0.15, 0.2) is 11.7 Å². The van der Waals surface area contributed by atoms with Crippen LogP contribution in [0, 0.1) is 0 Å². The minimum atomic E-state index is 0.310. The van der Waals surface area contributed by atoms with E-state index in [1.807, 2.05) is 12.1 Å². The maximum absolute atomic E-state index is 5.54. The van der Waals surface area contributed by atoms with Crippen LogP contribution in [-0.2, 0) is 6.54 Å². The van der Waals surface area contributed by atoms with Gasteiger partial charge < -0.3 is 24.8 Å². The van der Waals surface area contributed by atoms with Crippen LogP contribution in [0.5, 0.6) is 5.75 Å². The van der Waals surface area contributed by atoms with E-state index in [1.54, 1.807) is 14.2 Å². The summed E-state index contributed by atoms with van der Waals surface area (Å²) >= 11 is 0. The fourth-order valence-electron chi connectivity index (χ4n) is 4.08. The number of hydrogen-bond donors (Lipinski definition) is 2. The summed E-state index contributed by atoms with van der Waals surface area (Å²) in [6.07, 6.45) is 4.37. The number of anilines is 1. The second kappa shape index (κ2) is 10.9. The zero-order valence-corrected chi connectivity index (χ0v) is 18.6. The van der Waals surface area contributed by atoms with Crippen LogP contribution < -0.4 is 20.3 Å². The first kappa shape index (κ1) is 22.0. The average molecular weight is 414 g/mol. The second-order valence-electron chi connectivity index (χ2n) is 7.76. The van der Waals surface area contributed by atoms with E-state index in [-0.39, 0.29) is 0 Å². The van der Waals surface area contributed by atoms with Gasteiger partial charge in [0.25, 0.3) is 0 Å². The van der Waals surface area contributed by atoms with Gasteiger partial charge >= 0.3 is 0 Å². The molecule has 2 N–H and O–H groups in total. The standard InChI is InChI=1S/C23H35N5O2/c1-5-17(6-2)20-14-19(30-27-20)15-25-23(24-3)26-18-10-9-13-28(16-18)21-11-7-8-12-22(21)29-4/h7-8,11-12,14,17-18H,5-6,9-10,13,15-16H2,1-4H3,(H2,24,25,26). The first-order valence-corrected chi connectivity index (χ1v) is 11.0. The van der Waals surface area contributed by atoms with E-state index in [1.165, 1.54) is 0 Å². The van der Waals surface area contributed by atoms with Crippen molar-refractivity contribution in [3.05, 3.63) is 41.8 Å². The Hall–Kier alpha value is -2.70. The number of guanidine groups is 1. The molecule has 0 spiro atoms. The van der Waals surface area contributed by atoms with Crippen LogP contribution in [0.4, 0.5) is 5.69 Å². The van der Waals surface area contributed by atoms with Crippen molar-refractivity contribution in [3.63, 3.8) is 0 Å². The fourth-order valence-corrected chi connectivity index (χ4v) is 4.08. The summed E-state index contributed by atoms with van der Waals surface area (Å²) in [5.74, 6) is 2.99. The molecule has 1 aromatic heterocycles. The summed E-state index contributed by atoms with van der Waals surface area (Å²) < 4.78 is 11.1. The van der Waals surface area contributed by atoms with Crippen molar-refractivity contribution in [1.82, 2.24) is 15.8 Å². The van der Waals surface area contributed by atoms with Crippen molar-refractivity contribution in [3.8, 4) is 5.75 Å². The molecule has 1 aromatic carbocycles. The number of piperidine rings is 1. The molecule has 0 aliphatic carbocycles. The third-order valence-corrected chi connectivity index (χ3v) is 5.82. The van der Waals surface area contributed by atoms with E-state index in [2.05, 4.69) is 57.7 Å². The monoisotopic (exact) mass is 413 g/mol. The van der Waals surface area contributed by atoms with Crippen LogP contribution in [0.1, 0.15) is 56.9 Å². The van der Waals surface area contributed by atoms with Crippen LogP contribution in [0.2, 0.25) is 0 Å². The van der Waals surface area contributed by atoms with Gasteiger partial charge in [-0.15, -0.1) is 0 Å². The highest BCUT2D eigenvalue weighted by Crippen LogP contribution is 2.29. The van der Waals surface area contributed by atoms with E-state index >= 15 is 0 Å². The number of benzene rings is 1. The highest BCUT2D eigenvalue weighted by Gasteiger charge is 2.23. The van der Waals surface area contributed by atoms with E-state index in [0.29, 0.717) is 18.5 Å². The van der Waals surface area contributed by atoms with Crippen molar-refractivity contribution in [2.45, 2.75) is 58.0 Å². The molecule has 1 aliphatic heterocycles. The summed E-state index contributed by atoms with van der Waals surface area (Å²) in [5, 5.41) is 11.2. The lowest BCUT2D eigenvalue weighted by Crippen LogP contribution is -2.51. The van der Waals surface area contributed by atoms with Gasteiger partial charge in [-0.3, -0.25) is 4.99 Å². The molecule has 164 valence electrons. The Morgan fingerprint density at radius 3 is 2.87 bits per heavy atom. The zero-order valence-electron chi connectivity index (χ0n) is 18.6. The SMILES string of the molecule is CCC(CC)c1cc(CNC(=NC)NC2CCCN(c3ccccc3OC)C2)on1. The number of rotatable bonds is 8. The number of nitrogens with one attached hydrogen (secondary N) is 2. The summed E-state index contributed by atoms with van der Waals surface area (Å²) in [6.45, 7) is 6.87. The summed E-state index contributed by atoms with van der Waals surface area (Å²) in [7, 11) is 3.52. The van der Waals surface area contributed by atoms with Gasteiger partial charge in [-0.25, -0.2) is 0 Å². The van der Waals surface area contributed by atoms with Crippen LogP contribution in [-0.4, -0.2) is 44.4 Å². The van der Waals surface area contributed by atoms with Crippen molar-refractivity contribution < 1.29 is 9.26 Å². The molecule has 0 radical (unpaired) electrons. The van der Waals surface area contributed by atoms with Gasteiger partial charge in [0, 0.05) is 38.2 Å². The molecule has 0 saturated carbocycles. The Morgan fingerprint density at radius 2 is 2.13 bits per heavy atom. The number of hydrogen-bond acceptors (Lipinski definition) is 5. The molecule has 2 heterocycles. The molecule has 3 rings (SSSR count). The molecule has 1 saturated heterocycles. The quantitative estimate of drug-likeness (QED) is 0.505. The molecule has 30 heavy (non-hydrogen) atoms. The van der Waals surface area contributed by atoms with Crippen LogP contribution in [0.25, 0.3) is 0 Å². The Morgan fingerprint density at radius 1 is 1.33 bits per heavy atom. The van der Waals surface area contributed by atoms with Gasteiger partial charge in [-0.1, -0.05) is 31.1 Å². The predicted octanol–water partition coefficient (Wildman–Crippen LogP) is 3.92. The number of aliphatic imine (C=N–C) groups is 1. The van der Waals surface area contributed by atoms with Crippen LogP contribution >= 0.6 is 0 Å². The highest BCUT2D eigenvalue weighted by molar-refractivity contribution is 5.80. The molecule has 2 aromatic rings. The zero-order chi connectivity index (χ0) is 21.3.